The second-order valence-corrected chi connectivity index (χ2v) is 11.8. The quantitative estimate of drug-likeness (QED) is 0.271. The third-order valence-corrected chi connectivity index (χ3v) is 8.88. The van der Waals surface area contributed by atoms with Gasteiger partial charge in [-0.3, -0.25) is 13.9 Å². The first-order valence-electron chi connectivity index (χ1n) is 13.2. The van der Waals surface area contributed by atoms with E-state index in [9.17, 15) is 18.0 Å². The Morgan fingerprint density at radius 2 is 1.71 bits per heavy atom. The maximum atomic E-state index is 14.1. The van der Waals surface area contributed by atoms with E-state index < -0.39 is 28.5 Å². The Labute approximate surface area is 246 Å². The lowest BCUT2D eigenvalue weighted by atomic mass is 10.1. The second kappa shape index (κ2) is 14.8. The standard InChI is InChI=1S/C30H37N3O6S2/c1-6-31-30(35)22(3)32(20-23-11-10-12-24(19-23)38-4)29(34)21-33(27-13-8-9-14-28(27)39-7-2)41(36,37)26-17-15-25(40-5)16-18-26/h8-19,22H,6-7,20-21H2,1-5H3,(H,31,35). The van der Waals surface area contributed by atoms with Gasteiger partial charge in [-0.15, -0.1) is 11.8 Å². The maximum absolute atomic E-state index is 14.1. The molecule has 1 atom stereocenters. The van der Waals surface area contributed by atoms with Crippen LogP contribution in [-0.4, -0.2) is 64.2 Å². The van der Waals surface area contributed by atoms with E-state index >= 15 is 0 Å². The number of methoxy groups -OCH3 is 1. The van der Waals surface area contributed by atoms with Crippen LogP contribution in [0.2, 0.25) is 0 Å². The number of nitrogens with zero attached hydrogens (tertiary/aromatic N) is 2. The van der Waals surface area contributed by atoms with E-state index in [0.717, 1.165) is 14.8 Å². The Morgan fingerprint density at radius 3 is 2.34 bits per heavy atom. The van der Waals surface area contributed by atoms with Gasteiger partial charge >= 0.3 is 0 Å². The number of benzene rings is 3. The van der Waals surface area contributed by atoms with Crippen LogP contribution in [0.4, 0.5) is 5.69 Å². The molecule has 9 nitrogen and oxygen atoms in total. The summed E-state index contributed by atoms with van der Waals surface area (Å²) >= 11 is 1.49. The summed E-state index contributed by atoms with van der Waals surface area (Å²) in [6.45, 7) is 5.42. The van der Waals surface area contributed by atoms with Crippen LogP contribution in [0, 0.1) is 0 Å². The van der Waals surface area contributed by atoms with Crippen molar-refractivity contribution >= 4 is 39.3 Å². The summed E-state index contributed by atoms with van der Waals surface area (Å²) in [7, 11) is -2.67. The van der Waals surface area contributed by atoms with Crippen LogP contribution in [-0.2, 0) is 26.2 Å². The summed E-state index contributed by atoms with van der Waals surface area (Å²) in [6, 6.07) is 19.5. The smallest absolute Gasteiger partial charge is 0.264 e. The van der Waals surface area contributed by atoms with E-state index in [1.165, 1.54) is 28.8 Å². The van der Waals surface area contributed by atoms with Gasteiger partial charge in [0.05, 0.1) is 24.3 Å². The average molecular weight is 600 g/mol. The topological polar surface area (TPSA) is 105 Å². The van der Waals surface area contributed by atoms with Crippen LogP contribution in [0.15, 0.2) is 82.6 Å². The van der Waals surface area contributed by atoms with Crippen molar-refractivity contribution in [1.82, 2.24) is 10.2 Å². The van der Waals surface area contributed by atoms with Crippen molar-refractivity contribution in [1.29, 1.82) is 0 Å². The monoisotopic (exact) mass is 599 g/mol. The number of sulfonamides is 1. The summed E-state index contributed by atoms with van der Waals surface area (Å²) in [6.07, 6.45) is 1.90. The van der Waals surface area contributed by atoms with E-state index in [4.69, 9.17) is 9.47 Å². The van der Waals surface area contributed by atoms with Crippen LogP contribution >= 0.6 is 11.8 Å². The fourth-order valence-corrected chi connectivity index (χ4v) is 6.03. The molecule has 0 saturated heterocycles. The lowest BCUT2D eigenvalue weighted by Crippen LogP contribution is -2.51. The van der Waals surface area contributed by atoms with Crippen molar-refractivity contribution < 1.29 is 27.5 Å². The number of thioether (sulfide) groups is 1. The van der Waals surface area contributed by atoms with Gasteiger partial charge in [0.1, 0.15) is 24.1 Å². The average Bonchev–Trinajstić information content (AvgIpc) is 2.99. The van der Waals surface area contributed by atoms with E-state index in [0.29, 0.717) is 24.7 Å². The van der Waals surface area contributed by atoms with Crippen molar-refractivity contribution in [2.75, 3.05) is 37.4 Å². The van der Waals surface area contributed by atoms with Crippen LogP contribution in [0.25, 0.3) is 0 Å². The molecule has 0 spiro atoms. The fraction of sp³-hybridized carbons (Fsp3) is 0.333. The molecule has 3 aromatic carbocycles. The van der Waals surface area contributed by atoms with Crippen molar-refractivity contribution in [3.8, 4) is 11.5 Å². The van der Waals surface area contributed by atoms with Crippen molar-refractivity contribution in [3.05, 3.63) is 78.4 Å². The number of likely N-dealkylation sites (N-methyl/N-ethyl adjacent to an activating group) is 1. The predicted octanol–water partition coefficient (Wildman–Crippen LogP) is 4.56. The number of anilines is 1. The number of amides is 2. The minimum Gasteiger partial charge on any atom is -0.497 e. The molecule has 0 aliphatic heterocycles. The number of carbonyl (C=O) groups is 2. The summed E-state index contributed by atoms with van der Waals surface area (Å²) in [5.74, 6) is 0.0232. The SMILES string of the molecule is CCNC(=O)C(C)N(Cc1cccc(OC)c1)C(=O)CN(c1ccccc1OCC)S(=O)(=O)c1ccc(SC)cc1. The van der Waals surface area contributed by atoms with Gasteiger partial charge in [0.25, 0.3) is 10.0 Å². The third kappa shape index (κ3) is 7.95. The molecule has 0 aliphatic carbocycles. The summed E-state index contributed by atoms with van der Waals surface area (Å²) in [4.78, 5) is 29.3. The molecule has 0 aliphatic rings. The first kappa shape index (κ1) is 31.8. The molecule has 0 aromatic heterocycles. The highest BCUT2D eigenvalue weighted by Gasteiger charge is 2.33. The third-order valence-electron chi connectivity index (χ3n) is 6.37. The summed E-state index contributed by atoms with van der Waals surface area (Å²) in [5.41, 5.74) is 0.953. The molecule has 3 rings (SSSR count). The van der Waals surface area contributed by atoms with Gasteiger partial charge in [-0.1, -0.05) is 24.3 Å². The van der Waals surface area contributed by atoms with Crippen molar-refractivity contribution in [2.24, 2.45) is 0 Å². The highest BCUT2D eigenvalue weighted by Crippen LogP contribution is 2.33. The van der Waals surface area contributed by atoms with Gasteiger partial charge in [-0.05, 0) is 81.1 Å². The van der Waals surface area contributed by atoms with Crippen molar-refractivity contribution in [3.63, 3.8) is 0 Å². The molecule has 1 N–H and O–H groups in total. The molecule has 0 saturated carbocycles. The Morgan fingerprint density at radius 1 is 1.00 bits per heavy atom. The van der Waals surface area contributed by atoms with Gasteiger partial charge in [0, 0.05) is 18.0 Å². The molecule has 41 heavy (non-hydrogen) atoms. The number of rotatable bonds is 14. The largest absolute Gasteiger partial charge is 0.497 e. The molecule has 220 valence electrons. The van der Waals surface area contributed by atoms with E-state index in [1.807, 2.05) is 12.3 Å². The first-order valence-corrected chi connectivity index (χ1v) is 15.9. The Balaban J connectivity index is 2.09. The summed E-state index contributed by atoms with van der Waals surface area (Å²) < 4.78 is 40.3. The highest BCUT2D eigenvalue weighted by molar-refractivity contribution is 7.98. The summed E-state index contributed by atoms with van der Waals surface area (Å²) in [5, 5.41) is 2.76. The van der Waals surface area contributed by atoms with Crippen LogP contribution in [0.1, 0.15) is 26.3 Å². The minimum atomic E-state index is -4.21. The number of nitrogens with one attached hydrogen (secondary N) is 1. The number of para-hydroxylation sites is 2. The van der Waals surface area contributed by atoms with Gasteiger partial charge in [-0.25, -0.2) is 8.42 Å². The molecule has 1 unspecified atom stereocenters. The first-order chi connectivity index (χ1) is 19.7. The molecule has 2 amide bonds. The van der Waals surface area contributed by atoms with E-state index in [2.05, 4.69) is 5.32 Å². The number of carbonyl (C=O) groups excluding carboxylic acids is 2. The van der Waals surface area contributed by atoms with Crippen LogP contribution < -0.4 is 19.1 Å². The molecular formula is C30H37N3O6S2. The van der Waals surface area contributed by atoms with Gasteiger partial charge < -0.3 is 19.7 Å². The number of hydrogen-bond donors (Lipinski definition) is 1. The normalized spacial score (nSPS) is 11.8. The molecular weight excluding hydrogens is 562 g/mol. The van der Waals surface area contributed by atoms with Gasteiger partial charge in [0.15, 0.2) is 0 Å². The predicted molar refractivity (Wildman–Crippen MR) is 162 cm³/mol. The Hall–Kier alpha value is -3.70. The second-order valence-electron chi connectivity index (χ2n) is 9.03. The Bertz CT molecular complexity index is 1430. The molecule has 0 radical (unpaired) electrons. The number of hydrogen-bond acceptors (Lipinski definition) is 7. The molecule has 0 heterocycles. The molecule has 11 heteroatoms. The molecule has 3 aromatic rings. The molecule has 0 bridgehead atoms. The van der Waals surface area contributed by atoms with E-state index in [1.54, 1.807) is 82.5 Å². The fourth-order valence-electron chi connectivity index (χ4n) is 4.20. The zero-order valence-electron chi connectivity index (χ0n) is 24.0. The van der Waals surface area contributed by atoms with Crippen LogP contribution in [0.3, 0.4) is 0 Å². The van der Waals surface area contributed by atoms with Gasteiger partial charge in [-0.2, -0.15) is 0 Å². The van der Waals surface area contributed by atoms with Crippen LogP contribution in [0.5, 0.6) is 11.5 Å². The van der Waals surface area contributed by atoms with Gasteiger partial charge in [0.2, 0.25) is 11.8 Å². The molecule has 0 fully saturated rings. The lowest BCUT2D eigenvalue weighted by Gasteiger charge is -2.32. The maximum Gasteiger partial charge on any atom is 0.264 e. The zero-order valence-corrected chi connectivity index (χ0v) is 25.6. The highest BCUT2D eigenvalue weighted by atomic mass is 32.2. The van der Waals surface area contributed by atoms with Crippen molar-refractivity contribution in [2.45, 2.75) is 43.1 Å². The zero-order chi connectivity index (χ0) is 30.0. The lowest BCUT2D eigenvalue weighted by molar-refractivity contribution is -0.139. The Kier molecular flexibility index (Phi) is 11.5. The minimum absolute atomic E-state index is 0.0329. The number of ether oxygens (including phenoxy) is 2. The van der Waals surface area contributed by atoms with E-state index in [-0.39, 0.29) is 23.0 Å².